The van der Waals surface area contributed by atoms with Crippen LogP contribution in [0.25, 0.3) is 10.8 Å². The van der Waals surface area contributed by atoms with Crippen molar-refractivity contribution in [1.29, 1.82) is 0 Å². The summed E-state index contributed by atoms with van der Waals surface area (Å²) in [5.74, 6) is 0. The minimum absolute atomic E-state index is 0.198. The van der Waals surface area contributed by atoms with Gasteiger partial charge in [0, 0.05) is 18.8 Å². The van der Waals surface area contributed by atoms with E-state index in [0.29, 0.717) is 6.42 Å². The number of hydrogen-bond donors (Lipinski definition) is 2. The fraction of sp³-hybridized carbons (Fsp3) is 0.158. The lowest BCUT2D eigenvalue weighted by atomic mass is 10.1. The highest BCUT2D eigenvalue weighted by atomic mass is 16.2. The summed E-state index contributed by atoms with van der Waals surface area (Å²) in [6.45, 7) is 1.01. The first-order valence-electron chi connectivity index (χ1n) is 7.26. The summed E-state index contributed by atoms with van der Waals surface area (Å²) in [5.41, 5.74) is 3.53. The Morgan fingerprint density at radius 2 is 1.48 bits per heavy atom. The number of benzene rings is 3. The Kier molecular flexibility index (Phi) is 4.17. The molecule has 21 heavy (non-hydrogen) atoms. The molecule has 0 radical (unpaired) electrons. The zero-order valence-electron chi connectivity index (χ0n) is 11.9. The molecule has 3 aromatic carbocycles. The fourth-order valence-corrected chi connectivity index (χ4v) is 2.47. The summed E-state index contributed by atoms with van der Waals surface area (Å²) in [6, 6.07) is 23.2. The highest BCUT2D eigenvalue weighted by Gasteiger charge is 1.98. The van der Waals surface area contributed by atoms with Crippen molar-refractivity contribution in [3.05, 3.63) is 77.9 Å². The molecule has 106 valence electrons. The van der Waals surface area contributed by atoms with Crippen LogP contribution in [0.3, 0.4) is 0 Å². The minimum atomic E-state index is 0.198. The van der Waals surface area contributed by atoms with E-state index in [1.807, 2.05) is 0 Å². The zero-order valence-corrected chi connectivity index (χ0v) is 11.9. The van der Waals surface area contributed by atoms with Gasteiger partial charge in [-0.3, -0.25) is 0 Å². The molecule has 0 aliphatic carbocycles. The molecule has 0 spiro atoms. The SMILES string of the molecule is OCCc1ccc(NCc2ccc3ccccc3c2)cc1. The Labute approximate surface area is 125 Å². The molecular weight excluding hydrogens is 258 g/mol. The fourth-order valence-electron chi connectivity index (χ4n) is 2.47. The molecule has 2 nitrogen and oxygen atoms in total. The second kappa shape index (κ2) is 6.42. The van der Waals surface area contributed by atoms with Gasteiger partial charge in [-0.1, -0.05) is 48.5 Å². The third-order valence-electron chi connectivity index (χ3n) is 3.66. The van der Waals surface area contributed by atoms with E-state index in [9.17, 15) is 0 Å². The number of aliphatic hydroxyl groups is 1. The molecule has 0 aliphatic heterocycles. The maximum atomic E-state index is 8.91. The average Bonchev–Trinajstić information content (AvgIpc) is 2.54. The Bertz CT molecular complexity index is 719. The van der Waals surface area contributed by atoms with Crippen LogP contribution in [0.2, 0.25) is 0 Å². The van der Waals surface area contributed by atoms with E-state index in [4.69, 9.17) is 5.11 Å². The van der Waals surface area contributed by atoms with E-state index >= 15 is 0 Å². The maximum absolute atomic E-state index is 8.91. The third-order valence-corrected chi connectivity index (χ3v) is 3.66. The van der Waals surface area contributed by atoms with Crippen LogP contribution >= 0.6 is 0 Å². The van der Waals surface area contributed by atoms with Gasteiger partial charge in [-0.25, -0.2) is 0 Å². The first kappa shape index (κ1) is 13.7. The van der Waals surface area contributed by atoms with Crippen molar-refractivity contribution >= 4 is 16.5 Å². The lowest BCUT2D eigenvalue weighted by molar-refractivity contribution is 0.299. The predicted molar refractivity (Wildman–Crippen MR) is 88.5 cm³/mol. The Balaban J connectivity index is 1.68. The topological polar surface area (TPSA) is 32.3 Å². The molecule has 0 bridgehead atoms. The van der Waals surface area contributed by atoms with E-state index < -0.39 is 0 Å². The molecule has 0 saturated heterocycles. The number of anilines is 1. The van der Waals surface area contributed by atoms with Crippen molar-refractivity contribution < 1.29 is 5.11 Å². The molecule has 2 N–H and O–H groups in total. The molecule has 0 fully saturated rings. The van der Waals surface area contributed by atoms with Gasteiger partial charge in [0.1, 0.15) is 0 Å². The monoisotopic (exact) mass is 277 g/mol. The van der Waals surface area contributed by atoms with Crippen molar-refractivity contribution in [2.45, 2.75) is 13.0 Å². The number of fused-ring (bicyclic) bond motifs is 1. The number of aliphatic hydroxyl groups excluding tert-OH is 1. The molecule has 2 heteroatoms. The highest BCUT2D eigenvalue weighted by Crippen LogP contribution is 2.17. The molecule has 0 atom stereocenters. The Hall–Kier alpha value is -2.32. The van der Waals surface area contributed by atoms with Gasteiger partial charge in [-0.15, -0.1) is 0 Å². The van der Waals surface area contributed by atoms with Crippen molar-refractivity contribution in [3.63, 3.8) is 0 Å². The molecule has 0 unspecified atom stereocenters. The van der Waals surface area contributed by atoms with Crippen LogP contribution in [0, 0.1) is 0 Å². The summed E-state index contributed by atoms with van der Waals surface area (Å²) < 4.78 is 0. The molecule has 3 aromatic rings. The van der Waals surface area contributed by atoms with Crippen molar-refractivity contribution in [2.24, 2.45) is 0 Å². The third kappa shape index (κ3) is 3.41. The van der Waals surface area contributed by atoms with E-state index in [0.717, 1.165) is 17.8 Å². The second-order valence-corrected chi connectivity index (χ2v) is 5.21. The summed E-state index contributed by atoms with van der Waals surface area (Å²) in [4.78, 5) is 0. The van der Waals surface area contributed by atoms with Crippen molar-refractivity contribution in [1.82, 2.24) is 0 Å². The number of nitrogens with one attached hydrogen (secondary N) is 1. The first-order valence-corrected chi connectivity index (χ1v) is 7.26. The summed E-state index contributed by atoms with van der Waals surface area (Å²) in [7, 11) is 0. The average molecular weight is 277 g/mol. The summed E-state index contributed by atoms with van der Waals surface area (Å²) in [5, 5.41) is 14.9. The summed E-state index contributed by atoms with van der Waals surface area (Å²) >= 11 is 0. The van der Waals surface area contributed by atoms with Gasteiger partial charge in [-0.2, -0.15) is 0 Å². The minimum Gasteiger partial charge on any atom is -0.396 e. The second-order valence-electron chi connectivity index (χ2n) is 5.21. The lowest BCUT2D eigenvalue weighted by Gasteiger charge is -2.08. The van der Waals surface area contributed by atoms with Gasteiger partial charge >= 0.3 is 0 Å². The van der Waals surface area contributed by atoms with E-state index in [2.05, 4.69) is 72.0 Å². The van der Waals surface area contributed by atoms with Crippen LogP contribution < -0.4 is 5.32 Å². The van der Waals surface area contributed by atoms with Crippen molar-refractivity contribution in [2.75, 3.05) is 11.9 Å². The Morgan fingerprint density at radius 1 is 0.762 bits per heavy atom. The largest absolute Gasteiger partial charge is 0.396 e. The van der Waals surface area contributed by atoms with Crippen molar-refractivity contribution in [3.8, 4) is 0 Å². The molecule has 3 rings (SSSR count). The molecular formula is C19H19NO. The van der Waals surface area contributed by atoms with Crippen LogP contribution in [0.4, 0.5) is 5.69 Å². The molecule has 0 aliphatic rings. The molecule has 0 aromatic heterocycles. The maximum Gasteiger partial charge on any atom is 0.0471 e. The smallest absolute Gasteiger partial charge is 0.0471 e. The lowest BCUT2D eigenvalue weighted by Crippen LogP contribution is -1.99. The van der Waals surface area contributed by atoms with E-state index in [1.54, 1.807) is 0 Å². The van der Waals surface area contributed by atoms with Crippen LogP contribution in [0.1, 0.15) is 11.1 Å². The molecule has 0 saturated carbocycles. The quantitative estimate of drug-likeness (QED) is 0.739. The van der Waals surface area contributed by atoms with Crippen LogP contribution in [-0.2, 0) is 13.0 Å². The summed E-state index contributed by atoms with van der Waals surface area (Å²) in [6.07, 6.45) is 0.713. The van der Waals surface area contributed by atoms with Gasteiger partial charge in [0.15, 0.2) is 0 Å². The van der Waals surface area contributed by atoms with Crippen LogP contribution in [-0.4, -0.2) is 11.7 Å². The van der Waals surface area contributed by atoms with Gasteiger partial charge in [0.2, 0.25) is 0 Å². The normalized spacial score (nSPS) is 10.7. The number of rotatable bonds is 5. The van der Waals surface area contributed by atoms with E-state index in [1.165, 1.54) is 16.3 Å². The molecule has 0 heterocycles. The first-order chi connectivity index (χ1) is 10.3. The predicted octanol–water partition coefficient (Wildman–Crippen LogP) is 3.99. The van der Waals surface area contributed by atoms with Crippen LogP contribution in [0.5, 0.6) is 0 Å². The van der Waals surface area contributed by atoms with Gasteiger partial charge in [-0.05, 0) is 46.5 Å². The number of hydrogen-bond acceptors (Lipinski definition) is 2. The van der Waals surface area contributed by atoms with Crippen LogP contribution in [0.15, 0.2) is 66.7 Å². The zero-order chi connectivity index (χ0) is 14.5. The molecule has 0 amide bonds. The van der Waals surface area contributed by atoms with Gasteiger partial charge < -0.3 is 10.4 Å². The van der Waals surface area contributed by atoms with Gasteiger partial charge in [0.05, 0.1) is 0 Å². The standard InChI is InChI=1S/C19H19NO/c21-12-11-15-6-9-19(10-7-15)20-14-16-5-8-17-3-1-2-4-18(17)13-16/h1-10,13,20-21H,11-12,14H2. The van der Waals surface area contributed by atoms with Gasteiger partial charge in [0.25, 0.3) is 0 Å². The Morgan fingerprint density at radius 3 is 2.24 bits per heavy atom. The highest BCUT2D eigenvalue weighted by molar-refractivity contribution is 5.83. The van der Waals surface area contributed by atoms with E-state index in [-0.39, 0.29) is 6.61 Å².